The number of aromatic nitrogens is 6. The minimum absolute atomic E-state index is 0.0419. The van der Waals surface area contributed by atoms with Gasteiger partial charge in [0.05, 0.1) is 31.2 Å². The summed E-state index contributed by atoms with van der Waals surface area (Å²) in [5.41, 5.74) is 12.1. The average Bonchev–Trinajstić information content (AvgIpc) is 4.01. The van der Waals surface area contributed by atoms with Crippen molar-refractivity contribution < 1.29 is 29.0 Å². The van der Waals surface area contributed by atoms with Crippen molar-refractivity contribution in [3.63, 3.8) is 0 Å². The van der Waals surface area contributed by atoms with Crippen molar-refractivity contribution in [1.82, 2.24) is 29.1 Å². The van der Waals surface area contributed by atoms with Gasteiger partial charge in [-0.1, -0.05) is 37.8 Å². The van der Waals surface area contributed by atoms with Crippen molar-refractivity contribution >= 4 is 29.5 Å². The lowest BCUT2D eigenvalue weighted by atomic mass is 9.79. The van der Waals surface area contributed by atoms with Crippen LogP contribution in [0, 0.1) is 0 Å². The fourth-order valence-corrected chi connectivity index (χ4v) is 7.81. The Morgan fingerprint density at radius 3 is 1.87 bits per heavy atom. The summed E-state index contributed by atoms with van der Waals surface area (Å²) in [5, 5.41) is 9.52. The van der Waals surface area contributed by atoms with E-state index >= 15 is 0 Å². The van der Waals surface area contributed by atoms with Crippen LogP contribution in [0.1, 0.15) is 118 Å². The largest absolute Gasteiger partial charge is 0.481 e. The van der Waals surface area contributed by atoms with E-state index in [1.165, 1.54) is 32.8 Å². The van der Waals surface area contributed by atoms with Gasteiger partial charge in [-0.3, -0.25) is 14.4 Å². The van der Waals surface area contributed by atoms with Crippen molar-refractivity contribution in [2.45, 2.75) is 119 Å². The normalized spacial score (nSPS) is 18.2. The summed E-state index contributed by atoms with van der Waals surface area (Å²) in [7, 11) is 1.29. The Labute approximate surface area is 309 Å². The Morgan fingerprint density at radius 2 is 1.32 bits per heavy atom. The van der Waals surface area contributed by atoms with Gasteiger partial charge in [-0.05, 0) is 81.0 Å². The molecular formula is C39H50N8O6. The Morgan fingerprint density at radius 1 is 0.774 bits per heavy atom. The number of aliphatic carboxylic acids is 1. The van der Waals surface area contributed by atoms with Crippen LogP contribution in [-0.4, -0.2) is 65.3 Å². The molecule has 0 radical (unpaired) electrons. The number of esters is 2. The van der Waals surface area contributed by atoms with Gasteiger partial charge < -0.3 is 35.2 Å². The standard InChI is InChI=1S/C23H30N4O4.C16H20N4O2/c1-30-21(28)23(12-16-10-11-20(24)25-13-16,22(29)31-18-8-4-5-9-18)19-14-27(15-26-19)17-6-2-3-7-17;17-15-6-5-11(8-18-15)7-13(16(21)22)14-9-20(10-19-14)12-3-1-2-4-12/h10-11,13-15,17-18H,2-9,12H2,1H3,(H2,24,25);5-6,8-10,12-13H,1-4,7H2,(H2,17,18)(H,21,22). The highest BCUT2D eigenvalue weighted by Gasteiger charge is 2.53. The maximum atomic E-state index is 13.6. The maximum Gasteiger partial charge on any atom is 0.330 e. The van der Waals surface area contributed by atoms with Gasteiger partial charge in [-0.15, -0.1) is 0 Å². The molecule has 282 valence electrons. The Balaban J connectivity index is 0.000000192. The summed E-state index contributed by atoms with van der Waals surface area (Å²) < 4.78 is 15.1. The Kier molecular flexibility index (Phi) is 12.1. The molecule has 0 saturated heterocycles. The van der Waals surface area contributed by atoms with Gasteiger partial charge in [-0.25, -0.2) is 19.9 Å². The molecule has 0 aliphatic heterocycles. The first-order valence-electron chi connectivity index (χ1n) is 18.7. The number of rotatable bonds is 12. The van der Waals surface area contributed by atoms with Crippen LogP contribution >= 0.6 is 0 Å². The molecule has 3 fully saturated rings. The molecule has 53 heavy (non-hydrogen) atoms. The first-order chi connectivity index (χ1) is 25.7. The van der Waals surface area contributed by atoms with Crippen LogP contribution < -0.4 is 11.5 Å². The van der Waals surface area contributed by atoms with Crippen molar-refractivity contribution in [3.8, 4) is 0 Å². The lowest BCUT2D eigenvalue weighted by Gasteiger charge is -2.29. The molecule has 0 amide bonds. The van der Waals surface area contributed by atoms with Gasteiger partial charge >= 0.3 is 17.9 Å². The van der Waals surface area contributed by atoms with Crippen LogP contribution in [-0.2, 0) is 42.1 Å². The van der Waals surface area contributed by atoms with Gasteiger partial charge in [0.2, 0.25) is 5.41 Å². The van der Waals surface area contributed by atoms with E-state index in [-0.39, 0.29) is 12.5 Å². The molecule has 3 aliphatic carbocycles. The molecule has 0 aromatic carbocycles. The van der Waals surface area contributed by atoms with E-state index in [9.17, 15) is 19.5 Å². The highest BCUT2D eigenvalue weighted by atomic mass is 16.6. The molecule has 4 heterocycles. The molecule has 2 unspecified atom stereocenters. The zero-order valence-electron chi connectivity index (χ0n) is 30.3. The van der Waals surface area contributed by atoms with Crippen LogP contribution in [0.3, 0.4) is 0 Å². The second-order valence-electron chi connectivity index (χ2n) is 14.5. The number of ether oxygens (including phenoxy) is 2. The van der Waals surface area contributed by atoms with Crippen molar-refractivity contribution in [1.29, 1.82) is 0 Å². The van der Waals surface area contributed by atoms with Gasteiger partial charge in [-0.2, -0.15) is 0 Å². The molecule has 2 atom stereocenters. The average molecular weight is 727 g/mol. The van der Waals surface area contributed by atoms with E-state index in [2.05, 4.69) is 24.5 Å². The van der Waals surface area contributed by atoms with Gasteiger partial charge in [0.25, 0.3) is 0 Å². The predicted octanol–water partition coefficient (Wildman–Crippen LogP) is 5.50. The first-order valence-corrected chi connectivity index (χ1v) is 18.7. The topological polar surface area (TPSA) is 203 Å². The summed E-state index contributed by atoms with van der Waals surface area (Å²) in [6.07, 6.45) is 23.5. The van der Waals surface area contributed by atoms with E-state index < -0.39 is 29.2 Å². The van der Waals surface area contributed by atoms with Gasteiger partial charge in [0.1, 0.15) is 23.7 Å². The molecule has 0 spiro atoms. The van der Waals surface area contributed by atoms with Crippen LogP contribution in [0.25, 0.3) is 0 Å². The highest BCUT2D eigenvalue weighted by Crippen LogP contribution is 2.36. The molecule has 4 aromatic heterocycles. The number of imidazole rings is 2. The molecule has 3 saturated carbocycles. The zero-order chi connectivity index (χ0) is 37.4. The number of carbonyl (C=O) groups is 3. The maximum absolute atomic E-state index is 13.6. The minimum Gasteiger partial charge on any atom is -0.481 e. The van der Waals surface area contributed by atoms with E-state index in [1.807, 2.05) is 23.0 Å². The highest BCUT2D eigenvalue weighted by molar-refractivity contribution is 6.06. The third kappa shape index (κ3) is 8.86. The number of nitrogen functional groups attached to an aromatic ring is 2. The fraction of sp³-hybridized carbons (Fsp3) is 0.513. The number of carbonyl (C=O) groups excluding carboxylic acids is 2. The molecule has 14 nitrogen and oxygen atoms in total. The van der Waals surface area contributed by atoms with Crippen LogP contribution in [0.15, 0.2) is 61.7 Å². The molecular weight excluding hydrogens is 676 g/mol. The Bertz CT molecular complexity index is 1820. The number of carboxylic acids is 1. The summed E-state index contributed by atoms with van der Waals surface area (Å²) in [4.78, 5) is 55.4. The predicted molar refractivity (Wildman–Crippen MR) is 197 cm³/mol. The van der Waals surface area contributed by atoms with Gasteiger partial charge in [0, 0.05) is 43.3 Å². The summed E-state index contributed by atoms with van der Waals surface area (Å²) >= 11 is 0. The fourth-order valence-electron chi connectivity index (χ4n) is 7.81. The zero-order valence-corrected chi connectivity index (χ0v) is 30.3. The second kappa shape index (κ2) is 17.0. The van der Waals surface area contributed by atoms with E-state index in [1.54, 1.807) is 43.2 Å². The number of nitrogens with zero attached hydrogens (tertiary/aromatic N) is 6. The number of pyridine rings is 2. The number of methoxy groups -OCH3 is 1. The molecule has 4 aromatic rings. The Hall–Kier alpha value is -5.27. The van der Waals surface area contributed by atoms with Crippen LogP contribution in [0.5, 0.6) is 0 Å². The van der Waals surface area contributed by atoms with Crippen LogP contribution in [0.2, 0.25) is 0 Å². The number of hydrogen-bond donors (Lipinski definition) is 3. The molecule has 0 bridgehead atoms. The monoisotopic (exact) mass is 726 g/mol. The molecule has 14 heteroatoms. The SMILES string of the molecule is COC(=O)C(Cc1ccc(N)nc1)(C(=O)OC1CCCC1)c1cn(C2CCCC2)cn1.Nc1ccc(CC(C(=O)O)c2cn(C3CCCC3)cn2)cn1. The van der Waals surface area contributed by atoms with E-state index in [4.69, 9.17) is 20.9 Å². The van der Waals surface area contributed by atoms with Crippen molar-refractivity contribution in [2.24, 2.45) is 0 Å². The molecule has 3 aliphatic rings. The van der Waals surface area contributed by atoms with Gasteiger partial charge in [0.15, 0.2) is 0 Å². The number of anilines is 2. The second-order valence-corrected chi connectivity index (χ2v) is 14.5. The molecule has 5 N–H and O–H groups in total. The summed E-state index contributed by atoms with van der Waals surface area (Å²) in [5.74, 6) is -2.02. The van der Waals surface area contributed by atoms with Crippen molar-refractivity contribution in [2.75, 3.05) is 18.6 Å². The van der Waals surface area contributed by atoms with E-state index in [0.717, 1.165) is 56.9 Å². The third-order valence-corrected chi connectivity index (χ3v) is 10.9. The molecule has 7 rings (SSSR count). The number of hydrogen-bond acceptors (Lipinski definition) is 11. The number of nitrogens with two attached hydrogens (primary N) is 2. The lowest BCUT2D eigenvalue weighted by Crippen LogP contribution is -2.49. The quantitative estimate of drug-likeness (QED) is 0.122. The summed E-state index contributed by atoms with van der Waals surface area (Å²) in [6.45, 7) is 0. The minimum atomic E-state index is -1.70. The summed E-state index contributed by atoms with van der Waals surface area (Å²) in [6, 6.07) is 7.71. The van der Waals surface area contributed by atoms with Crippen molar-refractivity contribution in [3.05, 3.63) is 84.2 Å². The van der Waals surface area contributed by atoms with Crippen LogP contribution in [0.4, 0.5) is 11.6 Å². The third-order valence-electron chi connectivity index (χ3n) is 10.9. The smallest absolute Gasteiger partial charge is 0.330 e. The first kappa shape index (κ1) is 37.5. The number of carboxylic acid groups (broad SMARTS) is 1. The lowest BCUT2D eigenvalue weighted by molar-refractivity contribution is -0.167. The van der Waals surface area contributed by atoms with E-state index in [0.29, 0.717) is 47.1 Å².